The Hall–Kier alpha value is -3.46. The number of pyridine rings is 1. The monoisotopic (exact) mass is 521 g/mol. The molecule has 5 heterocycles. The normalized spacial score (nSPS) is 17.6. The summed E-state index contributed by atoms with van der Waals surface area (Å²) in [5.41, 5.74) is 7.93. The standard InChI is InChI=1S/C26H25F2N7OS/c1-26(2,3)34-12-4-5-35(9-12)25-32-7-14-15-10-36-11-16(15)18(20(28)21(14)33-25)22-19-13(6-29)24(30)37-23(19)17(27)8-31-22/h7-8,12,34H,4-5,9-11,30H2,1-3H3/t12-/m0/s1. The van der Waals surface area contributed by atoms with Crippen LogP contribution in [0.25, 0.3) is 32.2 Å². The summed E-state index contributed by atoms with van der Waals surface area (Å²) in [7, 11) is 0. The van der Waals surface area contributed by atoms with Gasteiger partial charge in [-0.2, -0.15) is 5.26 Å². The van der Waals surface area contributed by atoms with Gasteiger partial charge in [-0.25, -0.2) is 18.7 Å². The van der Waals surface area contributed by atoms with E-state index in [1.807, 2.05) is 11.0 Å². The molecule has 6 rings (SSSR count). The van der Waals surface area contributed by atoms with Crippen molar-refractivity contribution in [3.8, 4) is 17.3 Å². The topological polar surface area (TPSA) is 113 Å². The molecule has 0 aliphatic carbocycles. The van der Waals surface area contributed by atoms with Crippen molar-refractivity contribution >= 4 is 43.3 Å². The van der Waals surface area contributed by atoms with Gasteiger partial charge in [0.25, 0.3) is 0 Å². The Kier molecular flexibility index (Phi) is 5.52. The van der Waals surface area contributed by atoms with E-state index >= 15 is 4.39 Å². The molecule has 0 spiro atoms. The second kappa shape index (κ2) is 8.55. The maximum Gasteiger partial charge on any atom is 0.226 e. The lowest BCUT2D eigenvalue weighted by molar-refractivity contribution is 0.135. The summed E-state index contributed by atoms with van der Waals surface area (Å²) in [5.74, 6) is -0.757. The minimum Gasteiger partial charge on any atom is -0.389 e. The van der Waals surface area contributed by atoms with Gasteiger partial charge in [0.05, 0.1) is 35.4 Å². The van der Waals surface area contributed by atoms with Crippen LogP contribution in [0.4, 0.5) is 19.7 Å². The number of nitriles is 1. The number of anilines is 2. The molecular weight excluding hydrogens is 496 g/mol. The van der Waals surface area contributed by atoms with Gasteiger partial charge in [-0.05, 0) is 38.3 Å². The highest BCUT2D eigenvalue weighted by Crippen LogP contribution is 2.45. The highest BCUT2D eigenvalue weighted by Gasteiger charge is 2.31. The largest absolute Gasteiger partial charge is 0.389 e. The molecule has 37 heavy (non-hydrogen) atoms. The Morgan fingerprint density at radius 1 is 1.22 bits per heavy atom. The zero-order valence-corrected chi connectivity index (χ0v) is 21.5. The number of ether oxygens (including phenoxy) is 1. The van der Waals surface area contributed by atoms with E-state index in [1.54, 1.807) is 6.20 Å². The van der Waals surface area contributed by atoms with Crippen LogP contribution < -0.4 is 16.0 Å². The molecule has 1 aromatic carbocycles. The van der Waals surface area contributed by atoms with Crippen molar-refractivity contribution in [3.63, 3.8) is 0 Å². The van der Waals surface area contributed by atoms with Crippen molar-refractivity contribution in [2.24, 2.45) is 0 Å². The zero-order chi connectivity index (χ0) is 26.1. The first-order chi connectivity index (χ1) is 17.7. The Bertz CT molecular complexity index is 1620. The van der Waals surface area contributed by atoms with Crippen LogP contribution >= 0.6 is 11.3 Å². The molecule has 3 aromatic heterocycles. The summed E-state index contributed by atoms with van der Waals surface area (Å²) in [4.78, 5) is 15.5. The molecule has 1 atom stereocenters. The van der Waals surface area contributed by atoms with Crippen LogP contribution in [-0.4, -0.2) is 39.6 Å². The fourth-order valence-electron chi connectivity index (χ4n) is 5.36. The lowest BCUT2D eigenvalue weighted by Crippen LogP contribution is -2.45. The minimum absolute atomic E-state index is 0.0205. The van der Waals surface area contributed by atoms with Gasteiger partial charge in [-0.15, -0.1) is 11.3 Å². The number of hydrogen-bond donors (Lipinski definition) is 2. The van der Waals surface area contributed by atoms with Gasteiger partial charge in [0.2, 0.25) is 5.95 Å². The molecule has 4 aromatic rings. The maximum absolute atomic E-state index is 16.4. The van der Waals surface area contributed by atoms with Gasteiger partial charge in [0.1, 0.15) is 16.6 Å². The number of nitrogen functional groups attached to an aromatic ring is 1. The second-order valence-corrected chi connectivity index (χ2v) is 11.6. The maximum atomic E-state index is 16.4. The van der Waals surface area contributed by atoms with Gasteiger partial charge in [-0.3, -0.25) is 4.98 Å². The molecule has 0 amide bonds. The Balaban J connectivity index is 1.53. The van der Waals surface area contributed by atoms with Crippen molar-refractivity contribution < 1.29 is 13.5 Å². The third-order valence-electron chi connectivity index (χ3n) is 6.84. The number of thiophene rings is 1. The number of fused-ring (bicyclic) bond motifs is 4. The van der Waals surface area contributed by atoms with Crippen LogP contribution in [-0.2, 0) is 18.0 Å². The summed E-state index contributed by atoms with van der Waals surface area (Å²) in [6.45, 7) is 8.27. The lowest BCUT2D eigenvalue weighted by atomic mass is 9.94. The predicted octanol–water partition coefficient (Wildman–Crippen LogP) is 4.64. The van der Waals surface area contributed by atoms with Gasteiger partial charge >= 0.3 is 0 Å². The van der Waals surface area contributed by atoms with Crippen molar-refractivity contribution in [1.82, 2.24) is 20.3 Å². The summed E-state index contributed by atoms with van der Waals surface area (Å²) in [5, 5.41) is 14.3. The van der Waals surface area contributed by atoms with E-state index in [1.165, 1.54) is 0 Å². The van der Waals surface area contributed by atoms with Crippen LogP contribution in [0.1, 0.15) is 43.9 Å². The molecule has 0 radical (unpaired) electrons. The molecule has 8 nitrogen and oxygen atoms in total. The molecule has 2 aliphatic rings. The van der Waals surface area contributed by atoms with Crippen molar-refractivity contribution in [2.45, 2.75) is 52.0 Å². The number of hydrogen-bond acceptors (Lipinski definition) is 9. The van der Waals surface area contributed by atoms with Crippen molar-refractivity contribution in [1.29, 1.82) is 5.26 Å². The lowest BCUT2D eigenvalue weighted by Gasteiger charge is -2.26. The van der Waals surface area contributed by atoms with Gasteiger partial charge in [0.15, 0.2) is 11.6 Å². The molecule has 1 saturated heterocycles. The second-order valence-electron chi connectivity index (χ2n) is 10.5. The number of nitrogens with zero attached hydrogens (tertiary/aromatic N) is 5. The molecule has 0 bridgehead atoms. The molecule has 3 N–H and O–H groups in total. The number of benzene rings is 1. The third kappa shape index (κ3) is 3.87. The van der Waals surface area contributed by atoms with Crippen LogP contribution in [0.3, 0.4) is 0 Å². The molecule has 11 heteroatoms. The number of aromatic nitrogens is 3. The Morgan fingerprint density at radius 3 is 2.76 bits per heavy atom. The number of nitrogens with one attached hydrogen (secondary N) is 1. The average Bonchev–Trinajstić information content (AvgIpc) is 3.58. The summed E-state index contributed by atoms with van der Waals surface area (Å²) < 4.78 is 36.9. The van der Waals surface area contributed by atoms with E-state index in [4.69, 9.17) is 10.5 Å². The first-order valence-corrected chi connectivity index (χ1v) is 12.8. The van der Waals surface area contributed by atoms with Crippen LogP contribution in [0, 0.1) is 23.0 Å². The van der Waals surface area contributed by atoms with E-state index in [2.05, 4.69) is 41.0 Å². The Morgan fingerprint density at radius 2 is 2.00 bits per heavy atom. The molecule has 2 aliphatic heterocycles. The molecule has 190 valence electrons. The fraction of sp³-hybridized carbons (Fsp3) is 0.385. The summed E-state index contributed by atoms with van der Waals surface area (Å²) >= 11 is 0.953. The number of nitrogens with two attached hydrogens (primary N) is 1. The quantitative estimate of drug-likeness (QED) is 0.401. The van der Waals surface area contributed by atoms with Gasteiger partial charge in [0, 0.05) is 47.2 Å². The molecule has 1 fully saturated rings. The summed E-state index contributed by atoms with van der Waals surface area (Å²) in [6, 6.07) is 2.31. The first-order valence-electron chi connectivity index (χ1n) is 12.0. The third-order valence-corrected chi connectivity index (χ3v) is 7.87. The van der Waals surface area contributed by atoms with E-state index in [0.29, 0.717) is 23.4 Å². The van der Waals surface area contributed by atoms with Crippen LogP contribution in [0.2, 0.25) is 0 Å². The molecule has 0 saturated carbocycles. The highest BCUT2D eigenvalue weighted by molar-refractivity contribution is 7.23. The minimum atomic E-state index is -0.608. The smallest absolute Gasteiger partial charge is 0.226 e. The van der Waals surface area contributed by atoms with Crippen LogP contribution in [0.5, 0.6) is 0 Å². The van der Waals surface area contributed by atoms with Crippen molar-refractivity contribution in [2.75, 3.05) is 23.7 Å². The summed E-state index contributed by atoms with van der Waals surface area (Å²) in [6.07, 6.45) is 3.62. The van der Waals surface area contributed by atoms with E-state index in [-0.39, 0.29) is 62.2 Å². The number of rotatable bonds is 3. The highest BCUT2D eigenvalue weighted by atomic mass is 32.1. The first kappa shape index (κ1) is 23.9. The van der Waals surface area contributed by atoms with E-state index in [9.17, 15) is 9.65 Å². The Labute approximate surface area is 216 Å². The van der Waals surface area contributed by atoms with Gasteiger partial charge in [-0.1, -0.05) is 0 Å². The zero-order valence-electron chi connectivity index (χ0n) is 20.7. The average molecular weight is 522 g/mol. The SMILES string of the molecule is CC(C)(C)N[C@H]1CCN(c2ncc3c4c(c(-c5ncc(F)c6sc(N)c(C#N)c56)c(F)c3n2)COC4)C1. The number of halogens is 2. The van der Waals surface area contributed by atoms with Crippen LogP contribution in [0.15, 0.2) is 12.4 Å². The molecule has 0 unspecified atom stereocenters. The van der Waals surface area contributed by atoms with Crippen molar-refractivity contribution in [3.05, 3.63) is 40.7 Å². The predicted molar refractivity (Wildman–Crippen MR) is 139 cm³/mol. The fourth-order valence-corrected chi connectivity index (χ4v) is 6.28. The van der Waals surface area contributed by atoms with E-state index < -0.39 is 11.6 Å². The van der Waals surface area contributed by atoms with E-state index in [0.717, 1.165) is 36.1 Å². The molecular formula is C26H25F2N7OS. The van der Waals surface area contributed by atoms with Gasteiger partial charge < -0.3 is 20.7 Å².